The lowest BCUT2D eigenvalue weighted by Crippen LogP contribution is -2.11. The van der Waals surface area contributed by atoms with Gasteiger partial charge in [-0.2, -0.15) is 4.98 Å². The number of anilines is 5. The lowest BCUT2D eigenvalue weighted by atomic mass is 9.95. The summed E-state index contributed by atoms with van der Waals surface area (Å²) in [4.78, 5) is 8.89. The fourth-order valence-electron chi connectivity index (χ4n) is 3.28. The van der Waals surface area contributed by atoms with Gasteiger partial charge in [-0.05, 0) is 73.4 Å². The molecule has 0 aliphatic carbocycles. The summed E-state index contributed by atoms with van der Waals surface area (Å²) >= 11 is 0. The van der Waals surface area contributed by atoms with E-state index in [2.05, 4.69) is 31.1 Å². The monoisotopic (exact) mass is 404 g/mol. The summed E-state index contributed by atoms with van der Waals surface area (Å²) in [7, 11) is 1.89. The number of benzene rings is 2. The molecule has 3 rings (SSSR count). The molecule has 4 N–H and O–H groups in total. The van der Waals surface area contributed by atoms with Crippen LogP contribution < -0.4 is 16.0 Å². The Morgan fingerprint density at radius 2 is 1.60 bits per heavy atom. The fraction of sp³-hybridized carbons (Fsp3) is 0.261. The molecule has 3 aromatic rings. The Morgan fingerprint density at radius 3 is 2.17 bits per heavy atom. The van der Waals surface area contributed by atoms with Crippen molar-refractivity contribution >= 4 is 34.5 Å². The van der Waals surface area contributed by atoms with Crippen LogP contribution in [0.5, 0.6) is 0 Å². The molecule has 0 saturated heterocycles. The molecule has 30 heavy (non-hydrogen) atoms. The van der Waals surface area contributed by atoms with Crippen molar-refractivity contribution in [1.29, 1.82) is 0 Å². The van der Waals surface area contributed by atoms with Crippen molar-refractivity contribution in [2.75, 3.05) is 23.0 Å². The SMILES string of the molecule is CNc1ccc(Nc2nccc(Nc3c(C)cc(/C(=N/O)C(C)C)cc3C)n2)cc1. The van der Waals surface area contributed by atoms with Gasteiger partial charge in [0.05, 0.1) is 5.71 Å². The maximum absolute atomic E-state index is 9.36. The molecule has 0 atom stereocenters. The summed E-state index contributed by atoms with van der Waals surface area (Å²) in [5.41, 5.74) is 6.60. The molecule has 1 aromatic heterocycles. The lowest BCUT2D eigenvalue weighted by Gasteiger charge is -2.16. The van der Waals surface area contributed by atoms with E-state index in [1.807, 2.05) is 77.2 Å². The third kappa shape index (κ3) is 4.86. The molecular weight excluding hydrogens is 376 g/mol. The number of oxime groups is 1. The fourth-order valence-corrected chi connectivity index (χ4v) is 3.28. The van der Waals surface area contributed by atoms with Crippen molar-refractivity contribution in [1.82, 2.24) is 9.97 Å². The Kier molecular flexibility index (Phi) is 6.51. The molecule has 0 aliphatic heterocycles. The molecule has 7 heteroatoms. The minimum Gasteiger partial charge on any atom is -0.411 e. The molecule has 2 aromatic carbocycles. The normalized spacial score (nSPS) is 11.5. The van der Waals surface area contributed by atoms with E-state index in [-0.39, 0.29) is 5.92 Å². The zero-order valence-corrected chi connectivity index (χ0v) is 18.0. The third-order valence-electron chi connectivity index (χ3n) is 4.82. The first-order valence-electron chi connectivity index (χ1n) is 9.89. The van der Waals surface area contributed by atoms with Gasteiger partial charge in [-0.1, -0.05) is 19.0 Å². The maximum Gasteiger partial charge on any atom is 0.229 e. The first-order valence-corrected chi connectivity index (χ1v) is 9.89. The van der Waals surface area contributed by atoms with Gasteiger partial charge in [-0.25, -0.2) is 4.98 Å². The van der Waals surface area contributed by atoms with Gasteiger partial charge in [-0.15, -0.1) is 0 Å². The quantitative estimate of drug-likeness (QED) is 0.237. The van der Waals surface area contributed by atoms with E-state index in [4.69, 9.17) is 0 Å². The zero-order chi connectivity index (χ0) is 21.7. The van der Waals surface area contributed by atoms with Crippen molar-refractivity contribution in [3.05, 3.63) is 65.4 Å². The molecule has 7 nitrogen and oxygen atoms in total. The van der Waals surface area contributed by atoms with E-state index in [9.17, 15) is 5.21 Å². The summed E-state index contributed by atoms with van der Waals surface area (Å²) in [6, 6.07) is 13.8. The highest BCUT2D eigenvalue weighted by atomic mass is 16.4. The van der Waals surface area contributed by atoms with Crippen molar-refractivity contribution in [2.45, 2.75) is 27.7 Å². The average Bonchev–Trinajstić information content (AvgIpc) is 2.72. The number of hydrogen-bond acceptors (Lipinski definition) is 7. The summed E-state index contributed by atoms with van der Waals surface area (Å²) in [6.07, 6.45) is 1.72. The number of aromatic nitrogens is 2. The minimum absolute atomic E-state index is 0.130. The molecule has 0 spiro atoms. The molecule has 0 unspecified atom stereocenters. The first-order chi connectivity index (χ1) is 14.4. The van der Waals surface area contributed by atoms with Gasteiger partial charge in [-0.3, -0.25) is 0 Å². The Morgan fingerprint density at radius 1 is 0.967 bits per heavy atom. The molecule has 0 saturated carbocycles. The van der Waals surface area contributed by atoms with Gasteiger partial charge in [0.15, 0.2) is 0 Å². The standard InChI is InChI=1S/C23H28N6O/c1-14(2)21(29-30)17-12-15(3)22(16(4)13-17)27-20-10-11-25-23(28-20)26-19-8-6-18(24-5)7-9-19/h6-14,24,30H,1-5H3,(H2,25,26,27,28)/b29-21+. The van der Waals surface area contributed by atoms with Crippen LogP contribution in [-0.2, 0) is 0 Å². The highest BCUT2D eigenvalue weighted by Gasteiger charge is 2.13. The van der Waals surface area contributed by atoms with Crippen LogP contribution in [0.25, 0.3) is 0 Å². The maximum atomic E-state index is 9.36. The van der Waals surface area contributed by atoms with Crippen molar-refractivity contribution < 1.29 is 5.21 Å². The Bertz CT molecular complexity index is 1020. The molecule has 1 heterocycles. The number of rotatable bonds is 7. The molecule has 156 valence electrons. The summed E-state index contributed by atoms with van der Waals surface area (Å²) < 4.78 is 0. The van der Waals surface area contributed by atoms with Crippen LogP contribution in [0.15, 0.2) is 53.8 Å². The smallest absolute Gasteiger partial charge is 0.229 e. The Balaban J connectivity index is 1.82. The van der Waals surface area contributed by atoms with E-state index in [1.54, 1.807) is 6.20 Å². The number of aryl methyl sites for hydroxylation is 2. The molecule has 0 amide bonds. The molecule has 0 aliphatic rings. The van der Waals surface area contributed by atoms with E-state index < -0.39 is 0 Å². The summed E-state index contributed by atoms with van der Waals surface area (Å²) in [6.45, 7) is 8.07. The van der Waals surface area contributed by atoms with Crippen LogP contribution in [0.1, 0.15) is 30.5 Å². The number of nitrogens with one attached hydrogen (secondary N) is 3. The van der Waals surface area contributed by atoms with E-state index in [0.717, 1.165) is 33.8 Å². The Hall–Kier alpha value is -3.61. The van der Waals surface area contributed by atoms with Crippen LogP contribution >= 0.6 is 0 Å². The van der Waals surface area contributed by atoms with Gasteiger partial charge in [0.25, 0.3) is 0 Å². The molecule has 0 bridgehead atoms. The van der Waals surface area contributed by atoms with E-state index >= 15 is 0 Å². The van der Waals surface area contributed by atoms with Gasteiger partial charge < -0.3 is 21.2 Å². The van der Waals surface area contributed by atoms with Crippen molar-refractivity contribution in [3.8, 4) is 0 Å². The summed E-state index contributed by atoms with van der Waals surface area (Å²) in [5.74, 6) is 1.34. The number of hydrogen-bond donors (Lipinski definition) is 4. The second kappa shape index (κ2) is 9.26. The average molecular weight is 405 g/mol. The second-order valence-electron chi connectivity index (χ2n) is 7.47. The van der Waals surface area contributed by atoms with Crippen LogP contribution in [0.3, 0.4) is 0 Å². The minimum atomic E-state index is 0.130. The van der Waals surface area contributed by atoms with E-state index in [0.29, 0.717) is 17.5 Å². The zero-order valence-electron chi connectivity index (χ0n) is 18.0. The van der Waals surface area contributed by atoms with Crippen molar-refractivity contribution in [3.63, 3.8) is 0 Å². The van der Waals surface area contributed by atoms with Crippen molar-refractivity contribution in [2.24, 2.45) is 11.1 Å². The van der Waals surface area contributed by atoms with Crippen LogP contribution in [-0.4, -0.2) is 27.9 Å². The topological polar surface area (TPSA) is 94.5 Å². The Labute approximate surface area is 177 Å². The molecule has 0 fully saturated rings. The lowest BCUT2D eigenvalue weighted by molar-refractivity contribution is 0.316. The van der Waals surface area contributed by atoms with Crippen LogP contribution in [0.2, 0.25) is 0 Å². The first kappa shape index (κ1) is 21.1. The predicted molar refractivity (Wildman–Crippen MR) is 124 cm³/mol. The third-order valence-corrected chi connectivity index (χ3v) is 4.82. The second-order valence-corrected chi connectivity index (χ2v) is 7.47. The molecular formula is C23H28N6O. The van der Waals surface area contributed by atoms with E-state index in [1.165, 1.54) is 0 Å². The summed E-state index contributed by atoms with van der Waals surface area (Å²) in [5, 5.41) is 22.6. The highest BCUT2D eigenvalue weighted by Crippen LogP contribution is 2.27. The van der Waals surface area contributed by atoms with Gasteiger partial charge in [0, 0.05) is 35.9 Å². The van der Waals surface area contributed by atoms with Gasteiger partial charge >= 0.3 is 0 Å². The molecule has 0 radical (unpaired) electrons. The number of nitrogens with zero attached hydrogens (tertiary/aromatic N) is 3. The van der Waals surface area contributed by atoms with Crippen LogP contribution in [0.4, 0.5) is 28.8 Å². The predicted octanol–water partition coefficient (Wildman–Crippen LogP) is 5.46. The highest BCUT2D eigenvalue weighted by molar-refractivity contribution is 6.02. The van der Waals surface area contributed by atoms with Gasteiger partial charge in [0.2, 0.25) is 5.95 Å². The van der Waals surface area contributed by atoms with Gasteiger partial charge in [0.1, 0.15) is 5.82 Å². The largest absolute Gasteiger partial charge is 0.411 e. The van der Waals surface area contributed by atoms with Crippen LogP contribution in [0, 0.1) is 19.8 Å².